The van der Waals surface area contributed by atoms with Gasteiger partial charge in [-0.05, 0) is 71.6 Å². The Morgan fingerprint density at radius 2 is 1.83 bits per heavy atom. The minimum Gasteiger partial charge on any atom is -0.444 e. The second-order valence-corrected chi connectivity index (χ2v) is 9.45. The number of carbonyl (C=O) groups is 1. The summed E-state index contributed by atoms with van der Waals surface area (Å²) < 4.78 is 17.8. The smallest absolute Gasteiger partial charge is 0.444 e. The second-order valence-electron chi connectivity index (χ2n) is 9.45. The maximum atomic E-state index is 12.2. The second kappa shape index (κ2) is 7.54. The fourth-order valence-electron chi connectivity index (χ4n) is 3.12. The summed E-state index contributed by atoms with van der Waals surface area (Å²) in [4.78, 5) is 15.4. The Morgan fingerprint density at radius 1 is 1.17 bits per heavy atom. The third-order valence-corrected chi connectivity index (χ3v) is 5.36. The zero-order valence-electron chi connectivity index (χ0n) is 18.4. The first-order valence-corrected chi connectivity index (χ1v) is 9.97. The Hall–Kier alpha value is -2.25. The monoisotopic (exact) mass is 398 g/mol. The molecular weight excluding hydrogens is 367 g/mol. The number of carbonyl (C=O) groups excluding carboxylic acids is 1. The molecule has 0 spiro atoms. The number of aromatic amines is 1. The summed E-state index contributed by atoms with van der Waals surface area (Å²) in [6.07, 6.45) is 3.46. The molecule has 0 unspecified atom stereocenters. The molecule has 29 heavy (non-hydrogen) atoms. The van der Waals surface area contributed by atoms with Crippen LogP contribution in [-0.4, -0.2) is 41.5 Å². The van der Waals surface area contributed by atoms with E-state index in [1.165, 1.54) is 0 Å². The van der Waals surface area contributed by atoms with Gasteiger partial charge in [-0.3, -0.25) is 0 Å². The van der Waals surface area contributed by atoms with Gasteiger partial charge in [0, 0.05) is 23.6 Å². The molecule has 0 radical (unpaired) electrons. The molecule has 1 aromatic carbocycles. The number of hydrogen-bond acceptors (Lipinski definition) is 4. The molecule has 7 heteroatoms. The largest absolute Gasteiger partial charge is 0.492 e. The number of amides is 1. The van der Waals surface area contributed by atoms with Crippen LogP contribution in [0.5, 0.6) is 0 Å². The third kappa shape index (κ3) is 4.85. The first-order valence-electron chi connectivity index (χ1n) is 9.97. The Labute approximate surface area is 173 Å². The van der Waals surface area contributed by atoms with Crippen molar-refractivity contribution in [1.82, 2.24) is 10.3 Å². The van der Waals surface area contributed by atoms with E-state index in [2.05, 4.69) is 10.3 Å². The van der Waals surface area contributed by atoms with Crippen LogP contribution in [0, 0.1) is 0 Å². The van der Waals surface area contributed by atoms with Crippen LogP contribution in [0.1, 0.15) is 54.0 Å². The van der Waals surface area contributed by atoms with Crippen LogP contribution in [0.3, 0.4) is 0 Å². The van der Waals surface area contributed by atoms with Gasteiger partial charge in [0.05, 0.1) is 11.2 Å². The van der Waals surface area contributed by atoms with Crippen molar-refractivity contribution in [3.8, 4) is 0 Å². The van der Waals surface area contributed by atoms with E-state index < -0.39 is 30.0 Å². The molecule has 6 nitrogen and oxygen atoms in total. The van der Waals surface area contributed by atoms with Gasteiger partial charge in [-0.1, -0.05) is 18.2 Å². The van der Waals surface area contributed by atoms with Crippen LogP contribution in [0.15, 0.2) is 35.9 Å². The van der Waals surface area contributed by atoms with Crippen LogP contribution in [0.4, 0.5) is 4.79 Å². The van der Waals surface area contributed by atoms with Crippen molar-refractivity contribution in [2.45, 2.75) is 65.3 Å². The number of nitrogens with one attached hydrogen (secondary N) is 2. The van der Waals surface area contributed by atoms with Crippen molar-refractivity contribution in [3.05, 3.63) is 41.5 Å². The molecule has 1 aliphatic rings. The van der Waals surface area contributed by atoms with Gasteiger partial charge in [-0.25, -0.2) is 4.79 Å². The molecule has 0 saturated carbocycles. The quantitative estimate of drug-likeness (QED) is 0.732. The average Bonchev–Trinajstić information content (AvgIpc) is 3.12. The summed E-state index contributed by atoms with van der Waals surface area (Å²) in [6.45, 7) is 13.8. The molecule has 0 bridgehead atoms. The van der Waals surface area contributed by atoms with E-state index >= 15 is 0 Å². The van der Waals surface area contributed by atoms with E-state index in [0.717, 1.165) is 21.9 Å². The summed E-state index contributed by atoms with van der Waals surface area (Å²) in [6, 6.07) is 8.09. The van der Waals surface area contributed by atoms with Gasteiger partial charge in [-0.15, -0.1) is 0 Å². The highest BCUT2D eigenvalue weighted by Gasteiger charge is 2.52. The number of hydrogen-bond donors (Lipinski definition) is 2. The average molecular weight is 398 g/mol. The van der Waals surface area contributed by atoms with Crippen molar-refractivity contribution in [2.24, 2.45) is 0 Å². The minimum absolute atomic E-state index is 0.256. The number of fused-ring (bicyclic) bond motifs is 1. The zero-order chi connectivity index (χ0) is 21.4. The van der Waals surface area contributed by atoms with Crippen molar-refractivity contribution >= 4 is 30.2 Å². The lowest BCUT2D eigenvalue weighted by Crippen LogP contribution is -2.41. The van der Waals surface area contributed by atoms with Crippen LogP contribution < -0.4 is 5.32 Å². The molecule has 2 heterocycles. The first kappa shape index (κ1) is 21.5. The van der Waals surface area contributed by atoms with Gasteiger partial charge < -0.3 is 24.3 Å². The lowest BCUT2D eigenvalue weighted by atomic mass is 9.76. The van der Waals surface area contributed by atoms with E-state index in [1.807, 2.05) is 85.0 Å². The summed E-state index contributed by atoms with van der Waals surface area (Å²) in [5, 5.41) is 3.93. The van der Waals surface area contributed by atoms with Crippen molar-refractivity contribution < 1.29 is 18.8 Å². The predicted molar refractivity (Wildman–Crippen MR) is 117 cm³/mol. The van der Waals surface area contributed by atoms with Crippen LogP contribution in [0.2, 0.25) is 0 Å². The summed E-state index contributed by atoms with van der Waals surface area (Å²) >= 11 is 0. The van der Waals surface area contributed by atoms with Gasteiger partial charge in [0.2, 0.25) is 0 Å². The van der Waals surface area contributed by atoms with Crippen molar-refractivity contribution in [1.29, 1.82) is 0 Å². The van der Waals surface area contributed by atoms with Gasteiger partial charge >= 0.3 is 13.2 Å². The molecule has 3 rings (SSSR count). The zero-order valence-corrected chi connectivity index (χ0v) is 18.4. The summed E-state index contributed by atoms with van der Waals surface area (Å²) in [7, 11) is -0.566. The minimum atomic E-state index is -0.566. The maximum Gasteiger partial charge on any atom is 0.492 e. The Bertz CT molecular complexity index is 908. The molecule has 1 fully saturated rings. The number of H-pyrrole nitrogens is 1. The molecule has 1 saturated heterocycles. The number of rotatable bonds is 4. The normalized spacial score (nSPS) is 18.9. The van der Waals surface area contributed by atoms with Crippen LogP contribution in [0.25, 0.3) is 17.0 Å². The Morgan fingerprint density at radius 3 is 2.45 bits per heavy atom. The molecule has 0 atom stereocenters. The highest BCUT2D eigenvalue weighted by molar-refractivity contribution is 6.56. The molecular formula is C22H31BN2O4. The highest BCUT2D eigenvalue weighted by Crippen LogP contribution is 2.39. The number of ether oxygens (including phenoxy) is 1. The van der Waals surface area contributed by atoms with Crippen molar-refractivity contribution in [3.63, 3.8) is 0 Å². The van der Waals surface area contributed by atoms with Gasteiger partial charge in [0.1, 0.15) is 5.60 Å². The number of benzene rings is 1. The molecule has 1 amide bonds. The van der Waals surface area contributed by atoms with Gasteiger partial charge in [0.25, 0.3) is 0 Å². The molecule has 2 N–H and O–H groups in total. The first-order chi connectivity index (χ1) is 13.4. The van der Waals surface area contributed by atoms with E-state index in [-0.39, 0.29) is 6.54 Å². The van der Waals surface area contributed by atoms with E-state index in [0.29, 0.717) is 0 Å². The van der Waals surface area contributed by atoms with Crippen LogP contribution in [-0.2, 0) is 14.0 Å². The van der Waals surface area contributed by atoms with Gasteiger partial charge in [0.15, 0.2) is 0 Å². The summed E-state index contributed by atoms with van der Waals surface area (Å²) in [5.41, 5.74) is 1.40. The molecule has 2 aromatic rings. The van der Waals surface area contributed by atoms with Crippen molar-refractivity contribution in [2.75, 3.05) is 6.54 Å². The number of alkyl carbamates (subject to hydrolysis) is 1. The lowest BCUT2D eigenvalue weighted by Gasteiger charge is -2.32. The van der Waals surface area contributed by atoms with Gasteiger partial charge in [-0.2, -0.15) is 0 Å². The standard InChI is InChI=1S/C22H31BN2O4/c1-20(2,3)27-19(26)25-14-16(23-28-21(4,5)22(6,7)29-23)13-15-9-8-10-18-17(15)11-12-24-18/h8-13,24H,14H2,1-7H3,(H,25,26). The highest BCUT2D eigenvalue weighted by atomic mass is 16.7. The van der Waals surface area contributed by atoms with Crippen LogP contribution >= 0.6 is 0 Å². The van der Waals surface area contributed by atoms with E-state index in [9.17, 15) is 4.79 Å². The molecule has 1 aliphatic heterocycles. The fraction of sp³-hybridized carbons (Fsp3) is 0.500. The Kier molecular flexibility index (Phi) is 5.58. The molecule has 156 valence electrons. The topological polar surface area (TPSA) is 72.6 Å². The molecule has 1 aromatic heterocycles. The van der Waals surface area contributed by atoms with E-state index in [4.69, 9.17) is 14.0 Å². The SMILES string of the molecule is CC(C)(C)OC(=O)NCC(=Cc1cccc2[nH]ccc12)B1OC(C)(C)C(C)(C)O1. The number of aromatic nitrogens is 1. The predicted octanol–water partition coefficient (Wildman–Crippen LogP) is 4.71. The Balaban J connectivity index is 1.90. The summed E-state index contributed by atoms with van der Waals surface area (Å²) in [5.74, 6) is 0. The fourth-order valence-corrected chi connectivity index (χ4v) is 3.12. The molecule has 0 aliphatic carbocycles. The maximum absolute atomic E-state index is 12.2. The lowest BCUT2D eigenvalue weighted by molar-refractivity contribution is 0.00578. The van der Waals surface area contributed by atoms with E-state index in [1.54, 1.807) is 0 Å². The third-order valence-electron chi connectivity index (χ3n) is 5.36.